The lowest BCUT2D eigenvalue weighted by Crippen LogP contribution is -2.53. The lowest BCUT2D eigenvalue weighted by Gasteiger charge is -2.34. The lowest BCUT2D eigenvalue weighted by molar-refractivity contribution is -0.122. The predicted molar refractivity (Wildman–Crippen MR) is 117 cm³/mol. The molecule has 1 saturated heterocycles. The molecular formula is C23H36N4O3. The van der Waals surface area contributed by atoms with Crippen LogP contribution in [0.2, 0.25) is 0 Å². The van der Waals surface area contributed by atoms with Gasteiger partial charge in [0.2, 0.25) is 5.91 Å². The SMILES string of the molecule is CC1CCCCC1OCCNC(=O)N1CCN(CC(=O)NCc2ccccc2)CC1. The Bertz CT molecular complexity index is 662. The fourth-order valence-electron chi connectivity index (χ4n) is 4.17. The molecule has 2 atom stereocenters. The van der Waals surface area contributed by atoms with Gasteiger partial charge in [-0.3, -0.25) is 9.69 Å². The third-order valence-corrected chi connectivity index (χ3v) is 6.10. The fraction of sp³-hybridized carbons (Fsp3) is 0.652. The second-order valence-corrected chi connectivity index (χ2v) is 8.43. The second kappa shape index (κ2) is 11.9. The van der Waals surface area contributed by atoms with Gasteiger partial charge in [-0.15, -0.1) is 0 Å². The molecule has 7 nitrogen and oxygen atoms in total. The highest BCUT2D eigenvalue weighted by atomic mass is 16.5. The summed E-state index contributed by atoms with van der Waals surface area (Å²) in [6.45, 7) is 6.98. The van der Waals surface area contributed by atoms with Crippen molar-refractivity contribution in [1.82, 2.24) is 20.4 Å². The maximum absolute atomic E-state index is 12.4. The molecule has 166 valence electrons. The van der Waals surface area contributed by atoms with E-state index in [2.05, 4.69) is 22.5 Å². The number of rotatable bonds is 8. The Labute approximate surface area is 180 Å². The Kier molecular flexibility index (Phi) is 8.96. The second-order valence-electron chi connectivity index (χ2n) is 8.43. The summed E-state index contributed by atoms with van der Waals surface area (Å²) in [4.78, 5) is 28.4. The van der Waals surface area contributed by atoms with Crippen LogP contribution in [0, 0.1) is 5.92 Å². The molecule has 1 saturated carbocycles. The van der Waals surface area contributed by atoms with E-state index in [4.69, 9.17) is 4.74 Å². The summed E-state index contributed by atoms with van der Waals surface area (Å²) in [5.41, 5.74) is 1.09. The topological polar surface area (TPSA) is 73.9 Å². The van der Waals surface area contributed by atoms with E-state index in [-0.39, 0.29) is 11.9 Å². The molecule has 0 bridgehead atoms. The third-order valence-electron chi connectivity index (χ3n) is 6.10. The zero-order chi connectivity index (χ0) is 21.2. The summed E-state index contributed by atoms with van der Waals surface area (Å²) in [5, 5.41) is 5.92. The molecule has 2 unspecified atom stereocenters. The van der Waals surface area contributed by atoms with Crippen molar-refractivity contribution >= 4 is 11.9 Å². The average Bonchev–Trinajstić information content (AvgIpc) is 2.77. The number of nitrogens with one attached hydrogen (secondary N) is 2. The third kappa shape index (κ3) is 7.29. The highest BCUT2D eigenvalue weighted by molar-refractivity contribution is 5.78. The Hall–Kier alpha value is -2.12. The largest absolute Gasteiger partial charge is 0.376 e. The van der Waals surface area contributed by atoms with E-state index in [0.717, 1.165) is 12.0 Å². The Morgan fingerprint density at radius 3 is 2.50 bits per heavy atom. The molecule has 0 spiro atoms. The van der Waals surface area contributed by atoms with E-state index in [9.17, 15) is 9.59 Å². The molecule has 7 heteroatoms. The van der Waals surface area contributed by atoms with Gasteiger partial charge in [0.05, 0.1) is 19.3 Å². The van der Waals surface area contributed by atoms with Crippen LogP contribution in [0.25, 0.3) is 0 Å². The van der Waals surface area contributed by atoms with Crippen LogP contribution in [-0.4, -0.2) is 73.7 Å². The van der Waals surface area contributed by atoms with Crippen molar-refractivity contribution in [1.29, 1.82) is 0 Å². The van der Waals surface area contributed by atoms with E-state index in [1.54, 1.807) is 0 Å². The summed E-state index contributed by atoms with van der Waals surface area (Å²) in [6.07, 6.45) is 5.27. The molecule has 30 heavy (non-hydrogen) atoms. The van der Waals surface area contributed by atoms with Gasteiger partial charge in [0, 0.05) is 39.3 Å². The van der Waals surface area contributed by atoms with Crippen molar-refractivity contribution < 1.29 is 14.3 Å². The highest BCUT2D eigenvalue weighted by Crippen LogP contribution is 2.25. The van der Waals surface area contributed by atoms with E-state index >= 15 is 0 Å². The summed E-state index contributed by atoms with van der Waals surface area (Å²) in [6, 6.07) is 9.86. The minimum atomic E-state index is -0.0385. The molecule has 1 aromatic carbocycles. The molecule has 2 fully saturated rings. The van der Waals surface area contributed by atoms with Crippen molar-refractivity contribution in [3.63, 3.8) is 0 Å². The first-order chi connectivity index (χ1) is 14.6. The number of urea groups is 1. The van der Waals surface area contributed by atoms with Crippen LogP contribution >= 0.6 is 0 Å². The van der Waals surface area contributed by atoms with Crippen LogP contribution < -0.4 is 10.6 Å². The molecule has 1 aliphatic carbocycles. The standard InChI is InChI=1S/C23H36N4O3/c1-19-7-5-6-10-21(19)30-16-11-24-23(29)27-14-12-26(13-15-27)18-22(28)25-17-20-8-3-2-4-9-20/h2-4,8-9,19,21H,5-7,10-18H2,1H3,(H,24,29)(H,25,28). The minimum absolute atomic E-state index is 0.0193. The molecule has 3 rings (SSSR count). The highest BCUT2D eigenvalue weighted by Gasteiger charge is 2.23. The first-order valence-corrected chi connectivity index (χ1v) is 11.3. The first-order valence-electron chi connectivity index (χ1n) is 11.3. The Balaban J connectivity index is 1.26. The predicted octanol–water partition coefficient (Wildman–Crippen LogP) is 2.23. The van der Waals surface area contributed by atoms with Gasteiger partial charge < -0.3 is 20.3 Å². The first kappa shape index (κ1) is 22.6. The maximum Gasteiger partial charge on any atom is 0.317 e. The summed E-state index contributed by atoms with van der Waals surface area (Å²) >= 11 is 0. The molecule has 2 N–H and O–H groups in total. The van der Waals surface area contributed by atoms with Crippen molar-refractivity contribution in [3.8, 4) is 0 Å². The van der Waals surface area contributed by atoms with Crippen LogP contribution in [0.4, 0.5) is 4.79 Å². The van der Waals surface area contributed by atoms with Crippen LogP contribution in [0.3, 0.4) is 0 Å². The number of ether oxygens (including phenoxy) is 1. The lowest BCUT2D eigenvalue weighted by atomic mass is 9.88. The smallest absolute Gasteiger partial charge is 0.317 e. The molecule has 2 aliphatic rings. The van der Waals surface area contributed by atoms with Crippen molar-refractivity contribution in [3.05, 3.63) is 35.9 Å². The zero-order valence-corrected chi connectivity index (χ0v) is 18.1. The summed E-state index contributed by atoms with van der Waals surface area (Å²) < 4.78 is 5.96. The van der Waals surface area contributed by atoms with Gasteiger partial charge in [-0.1, -0.05) is 50.1 Å². The summed E-state index contributed by atoms with van der Waals surface area (Å²) in [7, 11) is 0. The number of piperazine rings is 1. The van der Waals surface area contributed by atoms with Gasteiger partial charge in [0.1, 0.15) is 0 Å². The number of benzene rings is 1. The molecule has 1 aromatic rings. The molecule has 3 amide bonds. The van der Waals surface area contributed by atoms with Crippen LogP contribution in [0.1, 0.15) is 38.2 Å². The number of hydrogen-bond acceptors (Lipinski definition) is 4. The fourth-order valence-corrected chi connectivity index (χ4v) is 4.17. The Morgan fingerprint density at radius 2 is 1.77 bits per heavy atom. The molecule has 0 aromatic heterocycles. The van der Waals surface area contributed by atoms with Gasteiger partial charge in [0.25, 0.3) is 0 Å². The van der Waals surface area contributed by atoms with Crippen LogP contribution in [-0.2, 0) is 16.1 Å². The summed E-state index contributed by atoms with van der Waals surface area (Å²) in [5.74, 6) is 0.637. The van der Waals surface area contributed by atoms with Crippen molar-refractivity contribution in [2.45, 2.75) is 45.3 Å². The van der Waals surface area contributed by atoms with E-state index < -0.39 is 0 Å². The molecule has 0 radical (unpaired) electrons. The van der Waals surface area contributed by atoms with Gasteiger partial charge in [0.15, 0.2) is 0 Å². The van der Waals surface area contributed by atoms with Crippen molar-refractivity contribution in [2.24, 2.45) is 5.92 Å². The normalized spacial score (nSPS) is 22.5. The van der Waals surface area contributed by atoms with Gasteiger partial charge >= 0.3 is 6.03 Å². The zero-order valence-electron chi connectivity index (χ0n) is 18.1. The number of carbonyl (C=O) groups is 2. The number of carbonyl (C=O) groups excluding carboxylic acids is 2. The van der Waals surface area contributed by atoms with Crippen LogP contribution in [0.15, 0.2) is 30.3 Å². The molecule has 1 heterocycles. The van der Waals surface area contributed by atoms with Crippen molar-refractivity contribution in [2.75, 3.05) is 45.9 Å². The van der Waals surface area contributed by atoms with E-state index in [0.29, 0.717) is 64.4 Å². The maximum atomic E-state index is 12.4. The van der Waals surface area contributed by atoms with Gasteiger partial charge in [-0.05, 0) is 24.3 Å². The van der Waals surface area contributed by atoms with Crippen LogP contribution in [0.5, 0.6) is 0 Å². The van der Waals surface area contributed by atoms with Gasteiger partial charge in [-0.2, -0.15) is 0 Å². The molecular weight excluding hydrogens is 380 g/mol. The number of hydrogen-bond donors (Lipinski definition) is 2. The minimum Gasteiger partial charge on any atom is -0.376 e. The molecule has 1 aliphatic heterocycles. The Morgan fingerprint density at radius 1 is 1.03 bits per heavy atom. The number of nitrogens with zero attached hydrogens (tertiary/aromatic N) is 2. The quantitative estimate of drug-likeness (QED) is 0.638. The van der Waals surface area contributed by atoms with E-state index in [1.807, 2.05) is 35.2 Å². The average molecular weight is 417 g/mol. The monoisotopic (exact) mass is 416 g/mol. The van der Waals surface area contributed by atoms with Gasteiger partial charge in [-0.25, -0.2) is 4.79 Å². The van der Waals surface area contributed by atoms with E-state index in [1.165, 1.54) is 19.3 Å². The number of amides is 3.